The zero-order valence-electron chi connectivity index (χ0n) is 26.0. The first kappa shape index (κ1) is 37.1. The van der Waals surface area contributed by atoms with Gasteiger partial charge in [0.1, 0.15) is 0 Å². The van der Waals surface area contributed by atoms with Crippen LogP contribution in [0.2, 0.25) is 0 Å². The summed E-state index contributed by atoms with van der Waals surface area (Å²) in [6.07, 6.45) is 0.0432. The highest BCUT2D eigenvalue weighted by atomic mass is 32.2. The number of H-pyrrole nitrogens is 1. The second-order valence-corrected chi connectivity index (χ2v) is 11.7. The molecule has 0 spiro atoms. The number of unbranched alkanes of at least 4 members (excludes halogenated alkanes) is 1. The van der Waals surface area contributed by atoms with Crippen LogP contribution in [-0.4, -0.2) is 51.0 Å². The molecule has 0 aliphatic rings. The highest BCUT2D eigenvalue weighted by Gasteiger charge is 2.27. The molecule has 6 nitrogen and oxygen atoms in total. The number of fused-ring (bicyclic) bond motifs is 1. The molecular formula is C32H47F3N4O2S. The van der Waals surface area contributed by atoms with Crippen LogP contribution in [0.25, 0.3) is 22.0 Å². The third-order valence-electron chi connectivity index (χ3n) is 6.62. The topological polar surface area (TPSA) is 91.2 Å². The predicted octanol–water partition coefficient (Wildman–Crippen LogP) is 7.83. The second kappa shape index (κ2) is 17.9. The fourth-order valence-electron chi connectivity index (χ4n) is 4.06. The number of allylic oxidation sites excluding steroid dienone is 1. The minimum Gasteiger partial charge on any atom is -0.366 e. The van der Waals surface area contributed by atoms with Gasteiger partial charge < -0.3 is 16.0 Å². The van der Waals surface area contributed by atoms with E-state index in [0.29, 0.717) is 5.56 Å². The highest BCUT2D eigenvalue weighted by Crippen LogP contribution is 2.30. The van der Waals surface area contributed by atoms with Gasteiger partial charge in [0.15, 0.2) is 0 Å². The zero-order valence-corrected chi connectivity index (χ0v) is 26.8. The van der Waals surface area contributed by atoms with Gasteiger partial charge in [0.25, 0.3) is 5.91 Å². The Labute approximate surface area is 251 Å². The van der Waals surface area contributed by atoms with E-state index in [-0.39, 0.29) is 6.04 Å². The maximum Gasteiger partial charge on any atom is 0.411 e. The number of halogens is 3. The van der Waals surface area contributed by atoms with Gasteiger partial charge in [-0.3, -0.25) is 4.79 Å². The number of primary amides is 1. The van der Waals surface area contributed by atoms with E-state index in [9.17, 15) is 22.2 Å². The molecule has 2 atom stereocenters. The Kier molecular flexibility index (Phi) is 15.8. The lowest BCUT2D eigenvalue weighted by Crippen LogP contribution is -2.27. The number of aryl methyl sites for hydroxylation is 1. The summed E-state index contributed by atoms with van der Waals surface area (Å²) >= 11 is 0. The number of aromatic nitrogens is 1. The van der Waals surface area contributed by atoms with E-state index in [1.165, 1.54) is 12.0 Å². The van der Waals surface area contributed by atoms with E-state index in [0.717, 1.165) is 66.3 Å². The average Bonchev–Trinajstić information content (AvgIpc) is 3.33. The van der Waals surface area contributed by atoms with Crippen LogP contribution in [0.3, 0.4) is 0 Å². The van der Waals surface area contributed by atoms with Crippen molar-refractivity contribution < 1.29 is 22.2 Å². The summed E-state index contributed by atoms with van der Waals surface area (Å²) in [6, 6.07) is 12.7. The van der Waals surface area contributed by atoms with Gasteiger partial charge in [-0.15, -0.1) is 0 Å². The number of alkyl halides is 3. The van der Waals surface area contributed by atoms with Crippen LogP contribution >= 0.6 is 0 Å². The molecular weight excluding hydrogens is 561 g/mol. The average molecular weight is 609 g/mol. The van der Waals surface area contributed by atoms with Gasteiger partial charge >= 0.3 is 6.18 Å². The highest BCUT2D eigenvalue weighted by molar-refractivity contribution is 7.82. The van der Waals surface area contributed by atoms with Crippen molar-refractivity contribution >= 4 is 27.8 Å². The first-order valence-electron chi connectivity index (χ1n) is 14.3. The molecule has 3 rings (SSSR count). The van der Waals surface area contributed by atoms with E-state index in [2.05, 4.69) is 74.9 Å². The summed E-state index contributed by atoms with van der Waals surface area (Å²) in [5.74, 6) is 0.332. The largest absolute Gasteiger partial charge is 0.411 e. The molecule has 4 N–H and O–H groups in total. The number of carbonyl (C=O) groups is 1. The van der Waals surface area contributed by atoms with E-state index < -0.39 is 28.6 Å². The number of benzene rings is 2. The van der Waals surface area contributed by atoms with Crippen molar-refractivity contribution in [3.05, 3.63) is 71.4 Å². The van der Waals surface area contributed by atoms with Gasteiger partial charge in [-0.25, -0.2) is 8.51 Å². The first-order valence-corrected chi connectivity index (χ1v) is 15.6. The number of hydrogen-bond donors (Lipinski definition) is 3. The fraction of sp³-hybridized carbons (Fsp3) is 0.469. The van der Waals surface area contributed by atoms with Crippen molar-refractivity contribution in [2.75, 3.05) is 25.4 Å². The fourth-order valence-corrected chi connectivity index (χ4v) is 5.05. The van der Waals surface area contributed by atoms with Gasteiger partial charge in [0.2, 0.25) is 0 Å². The number of rotatable bonds is 11. The maximum absolute atomic E-state index is 11.9. The molecule has 0 saturated heterocycles. The van der Waals surface area contributed by atoms with Gasteiger partial charge in [-0.05, 0) is 74.2 Å². The van der Waals surface area contributed by atoms with E-state index in [4.69, 9.17) is 5.73 Å². The molecule has 234 valence electrons. The molecule has 0 aliphatic heterocycles. The molecule has 0 aliphatic carbocycles. The number of aromatic amines is 1. The third-order valence-corrected chi connectivity index (χ3v) is 8.14. The van der Waals surface area contributed by atoms with Crippen molar-refractivity contribution in [1.82, 2.24) is 14.6 Å². The van der Waals surface area contributed by atoms with Crippen LogP contribution in [0.5, 0.6) is 0 Å². The maximum atomic E-state index is 11.9. The second-order valence-electron chi connectivity index (χ2n) is 9.95. The molecule has 3 aromatic rings. The van der Waals surface area contributed by atoms with E-state index in [1.807, 2.05) is 30.4 Å². The molecule has 0 saturated carbocycles. The smallest absolute Gasteiger partial charge is 0.366 e. The van der Waals surface area contributed by atoms with Crippen LogP contribution in [0.4, 0.5) is 13.2 Å². The van der Waals surface area contributed by atoms with Crippen LogP contribution in [0.1, 0.15) is 81.9 Å². The van der Waals surface area contributed by atoms with Gasteiger partial charge in [0, 0.05) is 42.0 Å². The molecule has 1 amide bonds. The van der Waals surface area contributed by atoms with Crippen molar-refractivity contribution in [3.8, 4) is 11.1 Å². The Balaban J connectivity index is 0.000000407. The molecule has 42 heavy (non-hydrogen) atoms. The summed E-state index contributed by atoms with van der Waals surface area (Å²) in [4.78, 5) is 15.0. The number of carbonyl (C=O) groups excluding carboxylic acids is 1. The number of nitrogens with one attached hydrogen (secondary N) is 2. The lowest BCUT2D eigenvalue weighted by Gasteiger charge is -2.17. The Bertz CT molecular complexity index is 1320. The number of nitrogens with zero attached hydrogens (tertiary/aromatic N) is 1. The Morgan fingerprint density at radius 3 is 2.29 bits per heavy atom. The number of hydrogen-bond acceptors (Lipinski definition) is 3. The number of nitrogens with two attached hydrogens (primary N) is 1. The van der Waals surface area contributed by atoms with Crippen molar-refractivity contribution in [2.45, 2.75) is 73.5 Å². The summed E-state index contributed by atoms with van der Waals surface area (Å²) < 4.78 is 46.6. The molecule has 0 radical (unpaired) electrons. The summed E-state index contributed by atoms with van der Waals surface area (Å²) in [6.45, 7) is 18.9. The predicted molar refractivity (Wildman–Crippen MR) is 171 cm³/mol. The molecule has 10 heteroatoms. The molecule has 2 aromatic carbocycles. The van der Waals surface area contributed by atoms with Crippen LogP contribution in [0, 0.1) is 6.92 Å². The normalized spacial score (nSPS) is 12.6. The van der Waals surface area contributed by atoms with Crippen LogP contribution < -0.4 is 11.1 Å². The van der Waals surface area contributed by atoms with Gasteiger partial charge in [-0.2, -0.15) is 13.2 Å². The quantitative estimate of drug-likeness (QED) is 0.194. The van der Waals surface area contributed by atoms with E-state index >= 15 is 0 Å². The minimum absolute atomic E-state index is 0.281. The molecule has 2 unspecified atom stereocenters. The number of amides is 1. The molecule has 1 heterocycles. The summed E-state index contributed by atoms with van der Waals surface area (Å²) in [7, 11) is -0.733. The lowest BCUT2D eigenvalue weighted by molar-refractivity contribution is -0.0909. The third kappa shape index (κ3) is 11.4. The van der Waals surface area contributed by atoms with Gasteiger partial charge in [0.05, 0.1) is 22.1 Å². The minimum atomic E-state index is -4.19. The summed E-state index contributed by atoms with van der Waals surface area (Å²) in [5.41, 5.74) is 10.6. The Morgan fingerprint density at radius 1 is 1.14 bits per heavy atom. The standard InChI is InChI=1S/C20H23N3O.C8H19NOS.C4H5F3/c1-4-22-13(3)14-6-5-7-15(8-14)16-9-17-12(2)11-23-19(17)18(10-16)20(21)24;1-4-7-8-9(5-2)11(10)6-3;1-3(2)4(5,6)7/h5-11,13,22-23H,4H2,1-3H3,(H2,21,24);4-8H2,1-3H3;1H2,2H3. The van der Waals surface area contributed by atoms with Crippen LogP contribution in [0.15, 0.2) is 54.7 Å². The summed E-state index contributed by atoms with van der Waals surface area (Å²) in [5, 5.41) is 4.46. The van der Waals surface area contributed by atoms with Crippen molar-refractivity contribution in [2.24, 2.45) is 5.73 Å². The molecule has 0 fully saturated rings. The molecule has 1 aromatic heterocycles. The SMILES string of the molecule is C=C(C)C(F)(F)F.CCCCN(CC)S(=O)CC.CCNC(C)c1cccc(-c2cc(C(N)=O)c3[nH]cc(C)c3c2)c1. The monoisotopic (exact) mass is 608 g/mol. The Hall–Kier alpha value is -2.95. The first-order chi connectivity index (χ1) is 19.7. The van der Waals surface area contributed by atoms with E-state index in [1.54, 1.807) is 0 Å². The van der Waals surface area contributed by atoms with Crippen LogP contribution in [-0.2, 0) is 11.0 Å². The Morgan fingerprint density at radius 2 is 1.79 bits per heavy atom. The lowest BCUT2D eigenvalue weighted by atomic mass is 9.96. The molecule has 0 bridgehead atoms. The zero-order chi connectivity index (χ0) is 32.0. The van der Waals surface area contributed by atoms with Crippen molar-refractivity contribution in [1.29, 1.82) is 0 Å². The van der Waals surface area contributed by atoms with Gasteiger partial charge in [-0.1, -0.05) is 58.9 Å². The van der Waals surface area contributed by atoms with Crippen molar-refractivity contribution in [3.63, 3.8) is 0 Å².